The fraction of sp³-hybridized carbons (Fsp3) is 0.623. The average Bonchev–Trinajstić information content (AvgIpc) is 3.48. The molecule has 26 heteroatoms. The number of primary amides is 1. The van der Waals surface area contributed by atoms with Gasteiger partial charge < -0.3 is 62.1 Å². The average molecular weight is 1240 g/mol. The first-order chi connectivity index (χ1) is 41.0. The molecule has 10 N–H and O–H groups in total. The molecule has 0 radical (unpaired) electrons. The van der Waals surface area contributed by atoms with Gasteiger partial charge in [-0.3, -0.25) is 43.2 Å². The van der Waals surface area contributed by atoms with E-state index in [0.29, 0.717) is 61.9 Å². The van der Waals surface area contributed by atoms with E-state index in [1.54, 1.807) is 108 Å². The molecule has 87 heavy (non-hydrogen) atoms. The Kier molecular flexibility index (Phi) is 28.1. The van der Waals surface area contributed by atoms with Crippen molar-refractivity contribution in [3.8, 4) is 0 Å². The van der Waals surface area contributed by atoms with Crippen LogP contribution in [0, 0.1) is 23.7 Å². The van der Waals surface area contributed by atoms with Gasteiger partial charge in [-0.15, -0.1) is 0 Å². The zero-order valence-electron chi connectivity index (χ0n) is 52.6. The molecule has 0 unspecified atom stereocenters. The van der Waals surface area contributed by atoms with E-state index in [1.165, 1.54) is 26.2 Å². The molecule has 2 aromatic rings. The molecule has 0 spiro atoms. The van der Waals surface area contributed by atoms with Crippen LogP contribution in [0.15, 0.2) is 66.7 Å². The highest BCUT2D eigenvalue weighted by atomic mass is 32.2. The first-order valence-corrected chi connectivity index (χ1v) is 31.4. The first kappa shape index (κ1) is 72.3. The molecule has 1 aliphatic heterocycles. The minimum absolute atomic E-state index is 0.0235. The molecule has 1 saturated heterocycles. The number of carbonyl (C=O) groups excluding carboxylic acids is 9. The standard InChI is InChI=1S/C61H95N11O14S/c1-14-38(8)52(47(84-12)33-48(73)72-31-19-23-46(72)53(85-13)39(9)54(74)67-45(32-40-20-16-15-17-21-40)56(76)69-87(82,83)43-28-29-43)70(10)59(79)50(36(4)5)68-58(78)51(37(6)7)71(11)61(81)86-34-41-24-26-42(27-25-41)65-55(75)44(22-18-30-64-60(63)80)66-57(77)49(62)35(2)3/h15-17,20-21,24-27,35-36,38-39,43-47,49-53H,6,14,18-19,22-23,28-34,62H2,1-5,7-13H3,(H,65,75)(H,66,77)(H,67,74)(H,68,78)(H,69,76)(H3,63,64,80)/t38-,39+,44-,45-,46-,47+,49-,50-,51-,52-,53+/m0/s1. The predicted molar refractivity (Wildman–Crippen MR) is 328 cm³/mol. The molecule has 1 saturated carbocycles. The van der Waals surface area contributed by atoms with E-state index in [4.69, 9.17) is 25.7 Å². The SMILES string of the molecule is C=C(C)[C@@H](C(=O)N[C@H](C(=O)N(C)[C@@H]([C@@H](C)CC)[C@@H](CC(=O)N1CCC[C@H]1[C@H](OC)[C@@H](C)C(=O)N[C@@H](Cc1ccccc1)C(=O)NS(=O)(=O)C1CC1)OC)C(C)C)N(C)C(=O)OCc1ccc(NC(=O)[C@H](CCCNC(N)=O)NC(=O)[C@@H](N)C(C)C)cc1. The van der Waals surface area contributed by atoms with Gasteiger partial charge in [0, 0.05) is 53.5 Å². The maximum atomic E-state index is 14.8. The molecule has 484 valence electrons. The van der Waals surface area contributed by atoms with Crippen molar-refractivity contribution in [3.63, 3.8) is 0 Å². The van der Waals surface area contributed by atoms with E-state index in [2.05, 4.69) is 37.9 Å². The van der Waals surface area contributed by atoms with Crippen molar-refractivity contribution in [1.82, 2.24) is 40.7 Å². The van der Waals surface area contributed by atoms with Gasteiger partial charge in [0.05, 0.1) is 47.9 Å². The number of urea groups is 1. The second kappa shape index (κ2) is 33.8. The summed E-state index contributed by atoms with van der Waals surface area (Å²) in [5.41, 5.74) is 13.1. The van der Waals surface area contributed by atoms with Crippen LogP contribution in [0.5, 0.6) is 0 Å². The number of likely N-dealkylation sites (N-methyl/N-ethyl adjacent to an activating group) is 2. The third-order valence-electron chi connectivity index (χ3n) is 16.2. The third-order valence-corrected chi connectivity index (χ3v) is 18.0. The van der Waals surface area contributed by atoms with Crippen LogP contribution in [0.25, 0.3) is 0 Å². The number of rotatable bonds is 34. The molecule has 0 aromatic heterocycles. The minimum Gasteiger partial charge on any atom is -0.445 e. The Morgan fingerprint density at radius 3 is 1.95 bits per heavy atom. The molecule has 10 amide bonds. The van der Waals surface area contributed by atoms with Gasteiger partial charge in [-0.05, 0) is 92.0 Å². The second-order valence-electron chi connectivity index (χ2n) is 23.6. The Bertz CT molecular complexity index is 2800. The number of nitrogens with two attached hydrogens (primary N) is 2. The summed E-state index contributed by atoms with van der Waals surface area (Å²) in [6.07, 6.45) is 0.372. The quantitative estimate of drug-likeness (QED) is 0.0368. The summed E-state index contributed by atoms with van der Waals surface area (Å²) in [6, 6.07) is 7.86. The van der Waals surface area contributed by atoms with Crippen LogP contribution in [0.4, 0.5) is 15.3 Å². The number of hydrogen-bond donors (Lipinski definition) is 8. The van der Waals surface area contributed by atoms with E-state index in [0.717, 1.165) is 4.90 Å². The number of hydrogen-bond acceptors (Lipinski definition) is 15. The molecule has 4 rings (SSSR count). The number of carbonyl (C=O) groups is 9. The van der Waals surface area contributed by atoms with Gasteiger partial charge in [0.1, 0.15) is 30.8 Å². The summed E-state index contributed by atoms with van der Waals surface area (Å²) < 4.78 is 45.4. The molecule has 11 atom stereocenters. The molecular formula is C61H95N11O14S. The van der Waals surface area contributed by atoms with Crippen molar-refractivity contribution in [2.75, 3.05) is 46.7 Å². The van der Waals surface area contributed by atoms with E-state index in [9.17, 15) is 51.6 Å². The van der Waals surface area contributed by atoms with Crippen molar-refractivity contribution >= 4 is 69.2 Å². The zero-order chi connectivity index (χ0) is 65.0. The van der Waals surface area contributed by atoms with Gasteiger partial charge in [0.25, 0.3) is 5.91 Å². The number of nitrogens with one attached hydrogen (secondary N) is 6. The topological polar surface area (TPSA) is 349 Å². The van der Waals surface area contributed by atoms with Crippen molar-refractivity contribution in [3.05, 3.63) is 77.9 Å². The lowest BCUT2D eigenvalue weighted by Gasteiger charge is -2.41. The van der Waals surface area contributed by atoms with Crippen molar-refractivity contribution in [1.29, 1.82) is 0 Å². The summed E-state index contributed by atoms with van der Waals surface area (Å²) in [5.74, 6) is -5.71. The number of nitrogens with zero attached hydrogens (tertiary/aromatic N) is 3. The Morgan fingerprint density at radius 1 is 0.770 bits per heavy atom. The normalized spacial score (nSPS) is 17.6. The number of anilines is 1. The number of amides is 10. The largest absolute Gasteiger partial charge is 0.445 e. The number of likely N-dealkylation sites (tertiary alicyclic amines) is 1. The second-order valence-corrected chi connectivity index (χ2v) is 25.6. The minimum atomic E-state index is -3.92. The number of benzene rings is 2. The van der Waals surface area contributed by atoms with E-state index < -0.39 is 129 Å². The van der Waals surface area contributed by atoms with Crippen LogP contribution in [-0.2, 0) is 70.8 Å². The fourth-order valence-electron chi connectivity index (χ4n) is 10.7. The van der Waals surface area contributed by atoms with Crippen LogP contribution in [0.1, 0.15) is 118 Å². The van der Waals surface area contributed by atoms with Gasteiger partial charge in [-0.2, -0.15) is 0 Å². The fourth-order valence-corrected chi connectivity index (χ4v) is 12.0. The highest BCUT2D eigenvalue weighted by Crippen LogP contribution is 2.31. The lowest BCUT2D eigenvalue weighted by atomic mass is 9.89. The molecule has 1 aliphatic carbocycles. The van der Waals surface area contributed by atoms with E-state index in [1.807, 2.05) is 13.8 Å². The van der Waals surface area contributed by atoms with Gasteiger partial charge >= 0.3 is 12.1 Å². The van der Waals surface area contributed by atoms with Crippen LogP contribution in [0.2, 0.25) is 0 Å². The number of sulfonamides is 1. The third kappa shape index (κ3) is 21.0. The van der Waals surface area contributed by atoms with Crippen LogP contribution >= 0.6 is 0 Å². The summed E-state index contributed by atoms with van der Waals surface area (Å²) in [7, 11) is 1.95. The summed E-state index contributed by atoms with van der Waals surface area (Å²) in [6.45, 7) is 18.5. The molecule has 2 fully saturated rings. The molecule has 2 aliphatic rings. The molecule has 25 nitrogen and oxygen atoms in total. The highest BCUT2D eigenvalue weighted by Gasteiger charge is 2.45. The summed E-state index contributed by atoms with van der Waals surface area (Å²) >= 11 is 0. The zero-order valence-corrected chi connectivity index (χ0v) is 53.4. The van der Waals surface area contributed by atoms with Gasteiger partial charge in [0.2, 0.25) is 45.5 Å². The van der Waals surface area contributed by atoms with Gasteiger partial charge in [-0.25, -0.2) is 18.0 Å². The lowest BCUT2D eigenvalue weighted by molar-refractivity contribution is -0.148. The van der Waals surface area contributed by atoms with Crippen LogP contribution < -0.4 is 42.8 Å². The van der Waals surface area contributed by atoms with Crippen molar-refractivity contribution < 1.29 is 65.8 Å². The summed E-state index contributed by atoms with van der Waals surface area (Å²) in [4.78, 5) is 126. The Morgan fingerprint density at radius 2 is 1.40 bits per heavy atom. The predicted octanol–water partition coefficient (Wildman–Crippen LogP) is 3.45. The molecule has 2 aromatic carbocycles. The van der Waals surface area contributed by atoms with Crippen LogP contribution in [0.3, 0.4) is 0 Å². The van der Waals surface area contributed by atoms with Gasteiger partial charge in [-0.1, -0.05) is 104 Å². The highest BCUT2D eigenvalue weighted by molar-refractivity contribution is 7.90. The smallest absolute Gasteiger partial charge is 0.410 e. The number of methoxy groups -OCH3 is 2. The lowest BCUT2D eigenvalue weighted by Crippen LogP contribution is -2.60. The summed E-state index contributed by atoms with van der Waals surface area (Å²) in [5, 5.41) is 12.9. The molecule has 0 bridgehead atoms. The Labute approximate surface area is 512 Å². The monoisotopic (exact) mass is 1240 g/mol. The molecular weight excluding hydrogens is 1140 g/mol. The van der Waals surface area contributed by atoms with Gasteiger partial charge in [0.15, 0.2) is 0 Å². The molecule has 1 heterocycles. The number of ether oxygens (including phenoxy) is 3. The first-order valence-electron chi connectivity index (χ1n) is 29.8. The maximum absolute atomic E-state index is 14.8. The van der Waals surface area contributed by atoms with Crippen molar-refractivity contribution in [2.45, 2.75) is 180 Å². The maximum Gasteiger partial charge on any atom is 0.410 e. The Balaban J connectivity index is 1.42. The Hall–Kier alpha value is -7.16. The van der Waals surface area contributed by atoms with Crippen LogP contribution in [-0.4, -0.2) is 178 Å². The van der Waals surface area contributed by atoms with E-state index in [-0.39, 0.29) is 55.7 Å². The van der Waals surface area contributed by atoms with E-state index >= 15 is 0 Å². The van der Waals surface area contributed by atoms with Crippen molar-refractivity contribution in [2.24, 2.45) is 35.1 Å².